The van der Waals surface area contributed by atoms with Gasteiger partial charge in [-0.2, -0.15) is 0 Å². The second-order valence-electron chi connectivity index (χ2n) is 6.83. The topological polar surface area (TPSA) is 62.4 Å². The highest BCUT2D eigenvalue weighted by Gasteiger charge is 2.21. The molecule has 0 saturated carbocycles. The number of likely N-dealkylation sites (N-methyl/N-ethyl adjacent to an activating group) is 1. The first-order valence-electron chi connectivity index (χ1n) is 9.11. The van der Waals surface area contributed by atoms with Crippen LogP contribution < -0.4 is 0 Å². The summed E-state index contributed by atoms with van der Waals surface area (Å²) in [7, 11) is 0. The summed E-state index contributed by atoms with van der Waals surface area (Å²) >= 11 is 0. The van der Waals surface area contributed by atoms with Crippen molar-refractivity contribution in [3.63, 3.8) is 0 Å². The standard InChI is InChI=1S/C20H26N2O3/c1-4-22(5-2)19(23)12-25-20(24)14-7-9-18-16(11-14)15-10-13(3)6-8-17(15)21-18/h7,9,11,13,21H,4-6,8,10,12H2,1-3H3/t13-/m0/s1. The second kappa shape index (κ2) is 7.30. The molecule has 1 aliphatic carbocycles. The minimum atomic E-state index is -0.443. The molecule has 25 heavy (non-hydrogen) atoms. The van der Waals surface area contributed by atoms with Gasteiger partial charge in [-0.1, -0.05) is 6.92 Å². The summed E-state index contributed by atoms with van der Waals surface area (Å²) < 4.78 is 5.22. The van der Waals surface area contributed by atoms with Gasteiger partial charge in [-0.15, -0.1) is 0 Å². The number of amides is 1. The zero-order chi connectivity index (χ0) is 18.0. The van der Waals surface area contributed by atoms with Crippen molar-refractivity contribution in [3.05, 3.63) is 35.0 Å². The van der Waals surface area contributed by atoms with Crippen LogP contribution >= 0.6 is 0 Å². The fraction of sp³-hybridized carbons (Fsp3) is 0.500. The van der Waals surface area contributed by atoms with E-state index in [1.807, 2.05) is 26.0 Å². The number of carbonyl (C=O) groups is 2. The average molecular weight is 342 g/mol. The number of carbonyl (C=O) groups excluding carboxylic acids is 2. The van der Waals surface area contributed by atoms with Gasteiger partial charge in [-0.25, -0.2) is 4.79 Å². The Labute approximate surface area is 148 Å². The molecule has 0 saturated heterocycles. The van der Waals surface area contributed by atoms with E-state index in [1.54, 1.807) is 11.0 Å². The number of benzene rings is 1. The van der Waals surface area contributed by atoms with Crippen LogP contribution in [0.25, 0.3) is 10.9 Å². The highest BCUT2D eigenvalue weighted by molar-refractivity contribution is 5.97. The Morgan fingerprint density at radius 3 is 2.76 bits per heavy atom. The van der Waals surface area contributed by atoms with Crippen LogP contribution in [-0.2, 0) is 22.4 Å². The minimum absolute atomic E-state index is 0.160. The number of rotatable bonds is 5. The molecule has 1 amide bonds. The van der Waals surface area contributed by atoms with Crippen molar-refractivity contribution in [1.82, 2.24) is 9.88 Å². The predicted octanol–water partition coefficient (Wildman–Crippen LogP) is 3.32. The molecule has 1 aliphatic rings. The van der Waals surface area contributed by atoms with E-state index in [0.29, 0.717) is 24.6 Å². The van der Waals surface area contributed by atoms with E-state index in [9.17, 15) is 9.59 Å². The molecule has 1 heterocycles. The lowest BCUT2D eigenvalue weighted by atomic mass is 9.87. The smallest absolute Gasteiger partial charge is 0.338 e. The first kappa shape index (κ1) is 17.5. The van der Waals surface area contributed by atoms with Gasteiger partial charge < -0.3 is 14.6 Å². The predicted molar refractivity (Wildman–Crippen MR) is 97.7 cm³/mol. The maximum atomic E-state index is 12.3. The molecule has 134 valence electrons. The highest BCUT2D eigenvalue weighted by atomic mass is 16.5. The first-order valence-corrected chi connectivity index (χ1v) is 9.11. The molecule has 2 aromatic rings. The summed E-state index contributed by atoms with van der Waals surface area (Å²) in [5.41, 5.74) is 4.17. The molecule has 1 aromatic carbocycles. The number of ether oxygens (including phenoxy) is 1. The number of hydrogen-bond donors (Lipinski definition) is 1. The number of aromatic nitrogens is 1. The van der Waals surface area contributed by atoms with Gasteiger partial charge in [0, 0.05) is 29.7 Å². The van der Waals surface area contributed by atoms with E-state index in [1.165, 1.54) is 17.7 Å². The van der Waals surface area contributed by atoms with Crippen LogP contribution in [0, 0.1) is 5.92 Å². The SMILES string of the molecule is CCN(CC)C(=O)COC(=O)c1ccc2[nH]c3c(c2c1)C[C@@H](C)CC3. The van der Waals surface area contributed by atoms with Gasteiger partial charge in [0.05, 0.1) is 5.56 Å². The molecule has 0 radical (unpaired) electrons. The summed E-state index contributed by atoms with van der Waals surface area (Å²) in [5, 5.41) is 1.10. The van der Waals surface area contributed by atoms with Gasteiger partial charge in [0.25, 0.3) is 5.91 Å². The number of nitrogens with zero attached hydrogens (tertiary/aromatic N) is 1. The molecule has 1 atom stereocenters. The van der Waals surface area contributed by atoms with Crippen molar-refractivity contribution >= 4 is 22.8 Å². The van der Waals surface area contributed by atoms with E-state index < -0.39 is 5.97 Å². The molecule has 3 rings (SSSR count). The Morgan fingerprint density at radius 1 is 1.28 bits per heavy atom. The molecule has 0 aliphatic heterocycles. The van der Waals surface area contributed by atoms with Crippen LogP contribution in [-0.4, -0.2) is 41.5 Å². The fourth-order valence-corrected chi connectivity index (χ4v) is 3.60. The maximum absolute atomic E-state index is 12.3. The number of esters is 1. The molecule has 5 heteroatoms. The third-order valence-corrected chi connectivity index (χ3v) is 5.11. The van der Waals surface area contributed by atoms with Gasteiger partial charge >= 0.3 is 5.97 Å². The van der Waals surface area contributed by atoms with E-state index in [4.69, 9.17) is 4.74 Å². The van der Waals surface area contributed by atoms with E-state index >= 15 is 0 Å². The molecular formula is C20H26N2O3. The van der Waals surface area contributed by atoms with Crippen molar-refractivity contribution < 1.29 is 14.3 Å². The summed E-state index contributed by atoms with van der Waals surface area (Å²) in [4.78, 5) is 29.5. The van der Waals surface area contributed by atoms with Crippen molar-refractivity contribution in [2.45, 2.75) is 40.0 Å². The van der Waals surface area contributed by atoms with Crippen LogP contribution in [0.15, 0.2) is 18.2 Å². The molecule has 0 unspecified atom stereocenters. The van der Waals surface area contributed by atoms with Gasteiger partial charge in [-0.3, -0.25) is 4.79 Å². The minimum Gasteiger partial charge on any atom is -0.452 e. The number of aromatic amines is 1. The normalized spacial score (nSPS) is 16.5. The molecule has 1 N–H and O–H groups in total. The number of aryl methyl sites for hydroxylation is 1. The molecular weight excluding hydrogens is 316 g/mol. The Morgan fingerprint density at radius 2 is 2.04 bits per heavy atom. The fourth-order valence-electron chi connectivity index (χ4n) is 3.60. The summed E-state index contributed by atoms with van der Waals surface area (Å²) in [6.45, 7) is 7.11. The molecule has 0 spiro atoms. The Hall–Kier alpha value is -2.30. The third-order valence-electron chi connectivity index (χ3n) is 5.11. The quantitative estimate of drug-likeness (QED) is 0.848. The third kappa shape index (κ3) is 3.55. The van der Waals surface area contributed by atoms with E-state index in [0.717, 1.165) is 23.7 Å². The van der Waals surface area contributed by atoms with Gasteiger partial charge in [0.2, 0.25) is 0 Å². The summed E-state index contributed by atoms with van der Waals surface area (Å²) in [5.74, 6) is 0.0577. The first-order chi connectivity index (χ1) is 12.0. The van der Waals surface area contributed by atoms with E-state index in [2.05, 4.69) is 11.9 Å². The van der Waals surface area contributed by atoms with Gasteiger partial charge in [-0.05, 0) is 62.8 Å². The van der Waals surface area contributed by atoms with Crippen LogP contribution in [0.4, 0.5) is 0 Å². The number of hydrogen-bond acceptors (Lipinski definition) is 3. The van der Waals surface area contributed by atoms with Crippen molar-refractivity contribution in [3.8, 4) is 0 Å². The van der Waals surface area contributed by atoms with Crippen LogP contribution in [0.5, 0.6) is 0 Å². The molecule has 0 fully saturated rings. The Bertz CT molecular complexity index is 790. The lowest BCUT2D eigenvalue weighted by Gasteiger charge is -2.18. The monoisotopic (exact) mass is 342 g/mol. The Kier molecular flexibility index (Phi) is 5.11. The lowest BCUT2D eigenvalue weighted by molar-refractivity contribution is -0.134. The van der Waals surface area contributed by atoms with Crippen molar-refractivity contribution in [2.75, 3.05) is 19.7 Å². The van der Waals surface area contributed by atoms with E-state index in [-0.39, 0.29) is 12.5 Å². The van der Waals surface area contributed by atoms with Crippen molar-refractivity contribution in [1.29, 1.82) is 0 Å². The highest BCUT2D eigenvalue weighted by Crippen LogP contribution is 2.32. The molecule has 0 bridgehead atoms. The van der Waals surface area contributed by atoms with Gasteiger partial charge in [0.15, 0.2) is 6.61 Å². The average Bonchev–Trinajstić information content (AvgIpc) is 2.97. The number of nitrogens with one attached hydrogen (secondary N) is 1. The lowest BCUT2D eigenvalue weighted by Crippen LogP contribution is -2.34. The zero-order valence-corrected chi connectivity index (χ0v) is 15.2. The molecule has 1 aromatic heterocycles. The largest absolute Gasteiger partial charge is 0.452 e. The second-order valence-corrected chi connectivity index (χ2v) is 6.83. The van der Waals surface area contributed by atoms with Crippen molar-refractivity contribution in [2.24, 2.45) is 5.92 Å². The van der Waals surface area contributed by atoms with Crippen LogP contribution in [0.2, 0.25) is 0 Å². The number of H-pyrrole nitrogens is 1. The summed E-state index contributed by atoms with van der Waals surface area (Å²) in [6.07, 6.45) is 3.29. The van der Waals surface area contributed by atoms with Crippen LogP contribution in [0.3, 0.4) is 0 Å². The van der Waals surface area contributed by atoms with Gasteiger partial charge in [0.1, 0.15) is 0 Å². The number of fused-ring (bicyclic) bond motifs is 3. The summed E-state index contributed by atoms with van der Waals surface area (Å²) in [6, 6.07) is 5.59. The molecule has 5 nitrogen and oxygen atoms in total. The van der Waals surface area contributed by atoms with Crippen LogP contribution in [0.1, 0.15) is 48.8 Å². The zero-order valence-electron chi connectivity index (χ0n) is 15.2. The maximum Gasteiger partial charge on any atom is 0.338 e. The Balaban J connectivity index is 1.76.